The first kappa shape index (κ1) is 12.2. The van der Waals surface area contributed by atoms with Crippen LogP contribution in [-0.4, -0.2) is 13.7 Å². The zero-order valence-electron chi connectivity index (χ0n) is 11.4. The van der Waals surface area contributed by atoms with E-state index in [0.717, 1.165) is 18.7 Å². The van der Waals surface area contributed by atoms with E-state index in [1.165, 1.54) is 16.7 Å². The van der Waals surface area contributed by atoms with Crippen LogP contribution in [0.4, 0.5) is 0 Å². The van der Waals surface area contributed by atoms with Crippen molar-refractivity contribution in [2.24, 2.45) is 0 Å². The summed E-state index contributed by atoms with van der Waals surface area (Å²) in [6, 6.07) is 16.9. The molecule has 1 N–H and O–H groups in total. The quantitative estimate of drug-likeness (QED) is 0.888. The van der Waals surface area contributed by atoms with Crippen molar-refractivity contribution in [2.75, 3.05) is 13.7 Å². The number of rotatable bonds is 2. The largest absolute Gasteiger partial charge is 0.496 e. The Balaban J connectivity index is 2.22. The summed E-state index contributed by atoms with van der Waals surface area (Å²) in [5.74, 6) is 0.969. The van der Waals surface area contributed by atoms with Crippen molar-refractivity contribution in [3.8, 4) is 5.75 Å². The maximum Gasteiger partial charge on any atom is 0.124 e. The first-order chi connectivity index (χ1) is 9.25. The van der Waals surface area contributed by atoms with Crippen molar-refractivity contribution in [3.05, 3.63) is 65.2 Å². The lowest BCUT2D eigenvalue weighted by atomic mass is 9.78. The molecular formula is C17H19NO. The highest BCUT2D eigenvalue weighted by Gasteiger charge is 2.35. The van der Waals surface area contributed by atoms with Crippen LogP contribution >= 0.6 is 0 Å². The minimum absolute atomic E-state index is 0.179. The van der Waals surface area contributed by atoms with E-state index < -0.39 is 0 Å². The Bertz CT molecular complexity index is 565. The average molecular weight is 253 g/mol. The SMILES string of the molecule is COc1cccc2c1C(C)(c1ccccc1)NCC2. The van der Waals surface area contributed by atoms with Crippen molar-refractivity contribution >= 4 is 0 Å². The second kappa shape index (κ2) is 4.71. The molecule has 1 unspecified atom stereocenters. The van der Waals surface area contributed by atoms with Crippen molar-refractivity contribution in [2.45, 2.75) is 18.9 Å². The lowest BCUT2D eigenvalue weighted by molar-refractivity contribution is 0.362. The van der Waals surface area contributed by atoms with Crippen LogP contribution < -0.4 is 10.1 Å². The van der Waals surface area contributed by atoms with Crippen LogP contribution in [0.15, 0.2) is 48.5 Å². The topological polar surface area (TPSA) is 21.3 Å². The lowest BCUT2D eigenvalue weighted by Gasteiger charge is -2.38. The summed E-state index contributed by atoms with van der Waals surface area (Å²) in [5, 5.41) is 3.66. The molecule has 0 aliphatic carbocycles. The molecule has 1 atom stereocenters. The van der Waals surface area contributed by atoms with Crippen LogP contribution in [0.3, 0.4) is 0 Å². The molecule has 0 saturated carbocycles. The Morgan fingerprint density at radius 3 is 2.58 bits per heavy atom. The van der Waals surface area contributed by atoms with E-state index in [1.807, 2.05) is 6.07 Å². The van der Waals surface area contributed by atoms with Crippen LogP contribution in [0, 0.1) is 0 Å². The number of hydrogen-bond donors (Lipinski definition) is 1. The maximum absolute atomic E-state index is 5.59. The van der Waals surface area contributed by atoms with Gasteiger partial charge in [-0.3, -0.25) is 0 Å². The van der Waals surface area contributed by atoms with Gasteiger partial charge in [0.15, 0.2) is 0 Å². The molecule has 1 aliphatic heterocycles. The summed E-state index contributed by atoms with van der Waals surface area (Å²) >= 11 is 0. The van der Waals surface area contributed by atoms with Gasteiger partial charge in [-0.1, -0.05) is 42.5 Å². The first-order valence-corrected chi connectivity index (χ1v) is 6.72. The standard InChI is InChI=1S/C17H19NO/c1-17(14-8-4-3-5-9-14)16-13(11-12-18-17)7-6-10-15(16)19-2/h3-10,18H,11-12H2,1-2H3. The van der Waals surface area contributed by atoms with Gasteiger partial charge in [-0.2, -0.15) is 0 Å². The van der Waals surface area contributed by atoms with Gasteiger partial charge in [0.25, 0.3) is 0 Å². The summed E-state index contributed by atoms with van der Waals surface area (Å²) in [6.07, 6.45) is 1.05. The fraction of sp³-hybridized carbons (Fsp3) is 0.294. The van der Waals surface area contributed by atoms with Gasteiger partial charge in [-0.05, 0) is 30.5 Å². The third-order valence-electron chi connectivity index (χ3n) is 4.06. The van der Waals surface area contributed by atoms with Crippen LogP contribution in [-0.2, 0) is 12.0 Å². The third kappa shape index (κ3) is 1.92. The van der Waals surface area contributed by atoms with E-state index in [0.29, 0.717) is 0 Å². The van der Waals surface area contributed by atoms with Gasteiger partial charge in [-0.15, -0.1) is 0 Å². The smallest absolute Gasteiger partial charge is 0.124 e. The molecule has 19 heavy (non-hydrogen) atoms. The van der Waals surface area contributed by atoms with E-state index >= 15 is 0 Å². The highest BCUT2D eigenvalue weighted by Crippen LogP contribution is 2.40. The molecule has 1 heterocycles. The van der Waals surface area contributed by atoms with E-state index in [1.54, 1.807) is 7.11 Å². The number of hydrogen-bond acceptors (Lipinski definition) is 2. The van der Waals surface area contributed by atoms with Gasteiger partial charge in [-0.25, -0.2) is 0 Å². The Kier molecular flexibility index (Phi) is 3.03. The Labute approximate surface area is 114 Å². The Hall–Kier alpha value is -1.80. The van der Waals surface area contributed by atoms with Gasteiger partial charge in [0.05, 0.1) is 12.6 Å². The normalized spacial score (nSPS) is 21.8. The molecule has 2 aromatic rings. The second-order valence-electron chi connectivity index (χ2n) is 5.16. The zero-order valence-corrected chi connectivity index (χ0v) is 11.4. The van der Waals surface area contributed by atoms with Crippen molar-refractivity contribution in [1.82, 2.24) is 5.32 Å². The van der Waals surface area contributed by atoms with Gasteiger partial charge < -0.3 is 10.1 Å². The molecule has 0 fully saturated rings. The molecule has 0 amide bonds. The predicted octanol–water partition coefficient (Wildman–Crippen LogP) is 3.10. The van der Waals surface area contributed by atoms with E-state index in [9.17, 15) is 0 Å². The fourth-order valence-electron chi connectivity index (χ4n) is 3.08. The molecule has 0 aromatic heterocycles. The summed E-state index contributed by atoms with van der Waals surface area (Å²) in [6.45, 7) is 3.23. The van der Waals surface area contributed by atoms with Crippen molar-refractivity contribution < 1.29 is 4.74 Å². The molecule has 0 radical (unpaired) electrons. The van der Waals surface area contributed by atoms with E-state index in [2.05, 4.69) is 54.7 Å². The van der Waals surface area contributed by atoms with Crippen LogP contribution in [0.1, 0.15) is 23.6 Å². The number of benzene rings is 2. The maximum atomic E-state index is 5.59. The van der Waals surface area contributed by atoms with Crippen LogP contribution in [0.2, 0.25) is 0 Å². The molecule has 2 heteroatoms. The van der Waals surface area contributed by atoms with Gasteiger partial charge in [0.2, 0.25) is 0 Å². The van der Waals surface area contributed by atoms with Gasteiger partial charge in [0.1, 0.15) is 5.75 Å². The number of ether oxygens (including phenoxy) is 1. The fourth-order valence-corrected chi connectivity index (χ4v) is 3.08. The lowest BCUT2D eigenvalue weighted by Crippen LogP contribution is -2.46. The van der Waals surface area contributed by atoms with Crippen LogP contribution in [0.25, 0.3) is 0 Å². The number of nitrogens with one attached hydrogen (secondary N) is 1. The Morgan fingerprint density at radius 1 is 1.05 bits per heavy atom. The molecule has 2 aromatic carbocycles. The summed E-state index contributed by atoms with van der Waals surface area (Å²) in [7, 11) is 1.75. The molecule has 0 saturated heterocycles. The van der Waals surface area contributed by atoms with Gasteiger partial charge in [0, 0.05) is 12.1 Å². The number of methoxy groups -OCH3 is 1. The number of fused-ring (bicyclic) bond motifs is 1. The summed E-state index contributed by atoms with van der Waals surface area (Å²) in [5.41, 5.74) is 3.75. The summed E-state index contributed by atoms with van der Waals surface area (Å²) < 4.78 is 5.59. The molecule has 98 valence electrons. The molecular weight excluding hydrogens is 234 g/mol. The third-order valence-corrected chi connectivity index (χ3v) is 4.06. The van der Waals surface area contributed by atoms with Crippen molar-refractivity contribution in [3.63, 3.8) is 0 Å². The minimum atomic E-state index is -0.179. The van der Waals surface area contributed by atoms with Crippen LogP contribution in [0.5, 0.6) is 5.75 Å². The molecule has 2 nitrogen and oxygen atoms in total. The second-order valence-corrected chi connectivity index (χ2v) is 5.16. The monoisotopic (exact) mass is 253 g/mol. The average Bonchev–Trinajstić information content (AvgIpc) is 2.48. The highest BCUT2D eigenvalue weighted by atomic mass is 16.5. The Morgan fingerprint density at radius 2 is 1.84 bits per heavy atom. The molecule has 0 bridgehead atoms. The molecule has 1 aliphatic rings. The van der Waals surface area contributed by atoms with Gasteiger partial charge >= 0.3 is 0 Å². The molecule has 0 spiro atoms. The van der Waals surface area contributed by atoms with E-state index in [4.69, 9.17) is 4.74 Å². The zero-order chi connectivity index (χ0) is 13.3. The van der Waals surface area contributed by atoms with E-state index in [-0.39, 0.29) is 5.54 Å². The highest BCUT2D eigenvalue weighted by molar-refractivity contribution is 5.52. The predicted molar refractivity (Wildman–Crippen MR) is 77.6 cm³/mol. The van der Waals surface area contributed by atoms with Crippen molar-refractivity contribution in [1.29, 1.82) is 0 Å². The molecule has 3 rings (SSSR count). The summed E-state index contributed by atoms with van der Waals surface area (Å²) in [4.78, 5) is 0. The first-order valence-electron chi connectivity index (χ1n) is 6.72. The minimum Gasteiger partial charge on any atom is -0.496 e.